The van der Waals surface area contributed by atoms with Crippen molar-refractivity contribution in [2.45, 2.75) is 44.9 Å². The standard InChI is InChI=1S/C11H20N2O2/c1-9-12-8-11(14)13(9)6-7-15-10-4-2-3-5-10/h9-10,12H,2-8H2,1H3. The number of ether oxygens (including phenoxy) is 1. The Morgan fingerprint density at radius 1 is 1.47 bits per heavy atom. The lowest BCUT2D eigenvalue weighted by Crippen LogP contribution is -2.37. The van der Waals surface area contributed by atoms with Crippen LogP contribution in [0.1, 0.15) is 32.6 Å². The molecule has 0 bridgehead atoms. The molecule has 2 aliphatic rings. The topological polar surface area (TPSA) is 41.6 Å². The zero-order valence-corrected chi connectivity index (χ0v) is 9.37. The van der Waals surface area contributed by atoms with Crippen LogP contribution in [0.2, 0.25) is 0 Å². The Morgan fingerprint density at radius 3 is 2.80 bits per heavy atom. The quantitative estimate of drug-likeness (QED) is 0.746. The van der Waals surface area contributed by atoms with Crippen molar-refractivity contribution in [3.63, 3.8) is 0 Å². The van der Waals surface area contributed by atoms with Crippen LogP contribution < -0.4 is 5.32 Å². The molecule has 1 aliphatic heterocycles. The lowest BCUT2D eigenvalue weighted by molar-refractivity contribution is -0.128. The first-order valence-electron chi connectivity index (χ1n) is 5.92. The average molecular weight is 212 g/mol. The van der Waals surface area contributed by atoms with Gasteiger partial charge in [-0.25, -0.2) is 0 Å². The third-order valence-electron chi connectivity index (χ3n) is 3.32. The number of carbonyl (C=O) groups is 1. The molecule has 0 aromatic rings. The summed E-state index contributed by atoms with van der Waals surface area (Å²) in [4.78, 5) is 13.3. The number of nitrogens with one attached hydrogen (secondary N) is 1. The molecule has 1 atom stereocenters. The van der Waals surface area contributed by atoms with Gasteiger partial charge in [-0.1, -0.05) is 12.8 Å². The normalized spacial score (nSPS) is 27.9. The summed E-state index contributed by atoms with van der Waals surface area (Å²) < 4.78 is 5.74. The third kappa shape index (κ3) is 2.69. The predicted octanol–water partition coefficient (Wildman–Crippen LogP) is 0.723. The zero-order valence-electron chi connectivity index (χ0n) is 9.37. The monoisotopic (exact) mass is 212 g/mol. The van der Waals surface area contributed by atoms with Gasteiger partial charge in [0.15, 0.2) is 0 Å². The van der Waals surface area contributed by atoms with Gasteiger partial charge in [-0.15, -0.1) is 0 Å². The van der Waals surface area contributed by atoms with Gasteiger partial charge in [0.05, 0.1) is 25.4 Å². The summed E-state index contributed by atoms with van der Waals surface area (Å²) in [7, 11) is 0. The number of amides is 1. The second kappa shape index (κ2) is 4.94. The zero-order chi connectivity index (χ0) is 10.7. The minimum absolute atomic E-state index is 0.171. The molecule has 2 rings (SSSR count). The van der Waals surface area contributed by atoms with Crippen molar-refractivity contribution in [2.24, 2.45) is 0 Å². The van der Waals surface area contributed by atoms with E-state index in [9.17, 15) is 4.79 Å². The van der Waals surface area contributed by atoms with Crippen molar-refractivity contribution in [1.29, 1.82) is 0 Å². The summed E-state index contributed by atoms with van der Waals surface area (Å²) in [6.07, 6.45) is 5.61. The van der Waals surface area contributed by atoms with Crippen LogP contribution in [0.4, 0.5) is 0 Å². The van der Waals surface area contributed by atoms with Gasteiger partial charge in [-0.3, -0.25) is 10.1 Å². The molecular formula is C11H20N2O2. The minimum atomic E-state index is 0.171. The lowest BCUT2D eigenvalue weighted by atomic mass is 10.3. The summed E-state index contributed by atoms with van der Waals surface area (Å²) in [6, 6.07) is 0. The van der Waals surface area contributed by atoms with Gasteiger partial charge in [0.1, 0.15) is 0 Å². The molecule has 4 nitrogen and oxygen atoms in total. The Balaban J connectivity index is 1.66. The van der Waals surface area contributed by atoms with Crippen LogP contribution in [0, 0.1) is 0 Å². The van der Waals surface area contributed by atoms with Gasteiger partial charge >= 0.3 is 0 Å². The van der Waals surface area contributed by atoms with E-state index in [1.807, 2.05) is 11.8 Å². The Hall–Kier alpha value is -0.610. The molecule has 0 aromatic heterocycles. The van der Waals surface area contributed by atoms with E-state index in [4.69, 9.17) is 4.74 Å². The number of hydrogen-bond donors (Lipinski definition) is 1. The molecule has 1 amide bonds. The van der Waals surface area contributed by atoms with Gasteiger partial charge in [0.2, 0.25) is 5.91 Å². The van der Waals surface area contributed by atoms with Gasteiger partial charge in [0, 0.05) is 6.54 Å². The van der Waals surface area contributed by atoms with Crippen LogP contribution in [-0.4, -0.2) is 42.8 Å². The molecule has 1 unspecified atom stereocenters. The second-order valence-corrected chi connectivity index (χ2v) is 4.42. The highest BCUT2D eigenvalue weighted by Crippen LogP contribution is 2.20. The first kappa shape index (κ1) is 10.9. The number of hydrogen-bond acceptors (Lipinski definition) is 3. The summed E-state index contributed by atoms with van der Waals surface area (Å²) in [5, 5.41) is 3.12. The van der Waals surface area contributed by atoms with Crippen molar-refractivity contribution < 1.29 is 9.53 Å². The Bertz CT molecular complexity index is 227. The van der Waals surface area contributed by atoms with E-state index in [1.165, 1.54) is 25.7 Å². The summed E-state index contributed by atoms with van der Waals surface area (Å²) in [5.41, 5.74) is 0. The maximum Gasteiger partial charge on any atom is 0.237 e. The molecular weight excluding hydrogens is 192 g/mol. The van der Waals surface area contributed by atoms with Crippen LogP contribution in [0.15, 0.2) is 0 Å². The van der Waals surface area contributed by atoms with Crippen LogP contribution in [0.3, 0.4) is 0 Å². The summed E-state index contributed by atoms with van der Waals surface area (Å²) in [5.74, 6) is 0.192. The minimum Gasteiger partial charge on any atom is -0.376 e. The Kier molecular flexibility index (Phi) is 3.59. The van der Waals surface area contributed by atoms with E-state index in [0.717, 1.165) is 6.54 Å². The Morgan fingerprint density at radius 2 is 2.20 bits per heavy atom. The Labute approximate surface area is 91.0 Å². The van der Waals surface area contributed by atoms with E-state index in [0.29, 0.717) is 19.3 Å². The predicted molar refractivity (Wildman–Crippen MR) is 57.4 cm³/mol. The van der Waals surface area contributed by atoms with Crippen LogP contribution in [0.25, 0.3) is 0 Å². The van der Waals surface area contributed by atoms with Gasteiger partial charge < -0.3 is 9.64 Å². The van der Waals surface area contributed by atoms with E-state index < -0.39 is 0 Å². The van der Waals surface area contributed by atoms with Gasteiger partial charge in [-0.05, 0) is 19.8 Å². The fourth-order valence-corrected chi connectivity index (χ4v) is 2.35. The molecule has 0 aromatic carbocycles. The molecule has 2 fully saturated rings. The van der Waals surface area contributed by atoms with Crippen molar-refractivity contribution in [3.8, 4) is 0 Å². The summed E-state index contributed by atoms with van der Waals surface area (Å²) >= 11 is 0. The first-order chi connectivity index (χ1) is 7.27. The molecule has 1 aliphatic carbocycles. The van der Waals surface area contributed by atoms with E-state index in [-0.39, 0.29) is 12.1 Å². The molecule has 1 saturated carbocycles. The van der Waals surface area contributed by atoms with Crippen LogP contribution >= 0.6 is 0 Å². The summed E-state index contributed by atoms with van der Waals surface area (Å²) in [6.45, 7) is 3.90. The smallest absolute Gasteiger partial charge is 0.237 e. The fraction of sp³-hybridized carbons (Fsp3) is 0.909. The van der Waals surface area contributed by atoms with E-state index in [1.54, 1.807) is 0 Å². The maximum absolute atomic E-state index is 11.4. The lowest BCUT2D eigenvalue weighted by Gasteiger charge is -2.21. The molecule has 1 N–H and O–H groups in total. The molecule has 4 heteroatoms. The van der Waals surface area contributed by atoms with Crippen LogP contribution in [0.5, 0.6) is 0 Å². The van der Waals surface area contributed by atoms with E-state index in [2.05, 4.69) is 5.32 Å². The van der Waals surface area contributed by atoms with E-state index >= 15 is 0 Å². The number of carbonyl (C=O) groups excluding carboxylic acids is 1. The SMILES string of the molecule is CC1NCC(=O)N1CCOC1CCCC1. The highest BCUT2D eigenvalue weighted by atomic mass is 16.5. The number of nitrogens with zero attached hydrogens (tertiary/aromatic N) is 1. The van der Waals surface area contributed by atoms with Crippen molar-refractivity contribution in [2.75, 3.05) is 19.7 Å². The molecule has 0 radical (unpaired) electrons. The van der Waals surface area contributed by atoms with Crippen molar-refractivity contribution >= 4 is 5.91 Å². The van der Waals surface area contributed by atoms with Gasteiger partial charge in [-0.2, -0.15) is 0 Å². The molecule has 1 saturated heterocycles. The highest BCUT2D eigenvalue weighted by Gasteiger charge is 2.26. The first-order valence-corrected chi connectivity index (χ1v) is 5.92. The molecule has 0 spiro atoms. The molecule has 1 heterocycles. The molecule has 15 heavy (non-hydrogen) atoms. The second-order valence-electron chi connectivity index (χ2n) is 4.42. The maximum atomic E-state index is 11.4. The molecule has 86 valence electrons. The fourth-order valence-electron chi connectivity index (χ4n) is 2.35. The largest absolute Gasteiger partial charge is 0.376 e. The van der Waals surface area contributed by atoms with Crippen LogP contribution in [-0.2, 0) is 9.53 Å². The van der Waals surface area contributed by atoms with Crippen molar-refractivity contribution in [3.05, 3.63) is 0 Å². The number of rotatable bonds is 4. The average Bonchev–Trinajstić information content (AvgIpc) is 2.82. The van der Waals surface area contributed by atoms with Crippen molar-refractivity contribution in [1.82, 2.24) is 10.2 Å². The third-order valence-corrected chi connectivity index (χ3v) is 3.32. The van der Waals surface area contributed by atoms with Gasteiger partial charge in [0.25, 0.3) is 0 Å². The highest BCUT2D eigenvalue weighted by molar-refractivity contribution is 5.80.